The lowest BCUT2D eigenvalue weighted by atomic mass is 9.69. The minimum Gasteiger partial charge on any atom is -0.468 e. The van der Waals surface area contributed by atoms with E-state index in [1.165, 1.54) is 7.11 Å². The maximum absolute atomic E-state index is 13.5. The highest BCUT2D eigenvalue weighted by molar-refractivity contribution is 9.10. The van der Waals surface area contributed by atoms with Crippen molar-refractivity contribution in [3.63, 3.8) is 0 Å². The van der Waals surface area contributed by atoms with Gasteiger partial charge in [0.25, 0.3) is 0 Å². The van der Waals surface area contributed by atoms with Crippen molar-refractivity contribution in [3.05, 3.63) is 69.3 Å². The standard InChI is InChI=1S/C25H22BrNO5/c1-13-22(25(29)30-2)23(14-3-6-17(26)7-4-14)24-18(27-13)9-16(10-19(24)28)15-5-8-20-21(11-15)32-12-31-20/h3-8,11,16,22-23H,9-10,12H2,1-2H3/t16-,22?,23+/m0/s1. The first-order valence-corrected chi connectivity index (χ1v) is 11.3. The van der Waals surface area contributed by atoms with Gasteiger partial charge in [0.1, 0.15) is 5.92 Å². The zero-order valence-corrected chi connectivity index (χ0v) is 19.3. The lowest BCUT2D eigenvalue weighted by Gasteiger charge is -2.36. The van der Waals surface area contributed by atoms with Crippen LogP contribution >= 0.6 is 15.9 Å². The lowest BCUT2D eigenvalue weighted by molar-refractivity contribution is -0.143. The van der Waals surface area contributed by atoms with Gasteiger partial charge < -0.3 is 14.2 Å². The maximum Gasteiger partial charge on any atom is 0.315 e. The van der Waals surface area contributed by atoms with Gasteiger partial charge in [-0.15, -0.1) is 0 Å². The molecule has 0 saturated carbocycles. The highest BCUT2D eigenvalue weighted by atomic mass is 79.9. The number of hydrogen-bond donors (Lipinski definition) is 0. The molecule has 0 spiro atoms. The van der Waals surface area contributed by atoms with Gasteiger partial charge in [-0.1, -0.05) is 34.1 Å². The molecule has 2 aromatic carbocycles. The molecule has 0 aromatic heterocycles. The number of nitrogens with zero attached hydrogens (tertiary/aromatic N) is 1. The van der Waals surface area contributed by atoms with E-state index < -0.39 is 11.8 Å². The first kappa shape index (κ1) is 20.9. The van der Waals surface area contributed by atoms with Crippen molar-refractivity contribution >= 4 is 33.4 Å². The van der Waals surface area contributed by atoms with Crippen molar-refractivity contribution in [2.45, 2.75) is 31.6 Å². The van der Waals surface area contributed by atoms with E-state index in [9.17, 15) is 9.59 Å². The summed E-state index contributed by atoms with van der Waals surface area (Å²) in [6.07, 6.45) is 0.979. The third-order valence-corrected chi connectivity index (χ3v) is 6.97. The Morgan fingerprint density at radius 1 is 1.06 bits per heavy atom. The van der Waals surface area contributed by atoms with E-state index in [0.717, 1.165) is 27.0 Å². The Labute approximate surface area is 194 Å². The Bertz CT molecular complexity index is 1170. The summed E-state index contributed by atoms with van der Waals surface area (Å²) in [6.45, 7) is 2.05. The number of Topliss-reactive ketones (excluding diaryl/α,β-unsaturated/α-hetero) is 1. The fourth-order valence-electron chi connectivity index (χ4n) is 4.92. The topological polar surface area (TPSA) is 74.2 Å². The molecule has 32 heavy (non-hydrogen) atoms. The second-order valence-corrected chi connectivity index (χ2v) is 9.20. The molecule has 5 rings (SSSR count). The number of hydrogen-bond acceptors (Lipinski definition) is 6. The number of ether oxygens (including phenoxy) is 3. The van der Waals surface area contributed by atoms with Crippen molar-refractivity contribution in [3.8, 4) is 11.5 Å². The zero-order chi connectivity index (χ0) is 22.4. The number of ketones is 1. The number of carbonyl (C=O) groups excluding carboxylic acids is 2. The molecule has 0 radical (unpaired) electrons. The summed E-state index contributed by atoms with van der Waals surface area (Å²) in [5.74, 6) is 0.0326. The van der Waals surface area contributed by atoms with E-state index in [4.69, 9.17) is 19.2 Å². The van der Waals surface area contributed by atoms with Gasteiger partial charge in [-0.05, 0) is 54.7 Å². The monoisotopic (exact) mass is 495 g/mol. The smallest absolute Gasteiger partial charge is 0.315 e. The molecule has 1 aliphatic carbocycles. The molecular weight excluding hydrogens is 474 g/mol. The van der Waals surface area contributed by atoms with E-state index in [0.29, 0.717) is 29.9 Å². The zero-order valence-electron chi connectivity index (χ0n) is 17.8. The molecule has 7 heteroatoms. The predicted molar refractivity (Wildman–Crippen MR) is 122 cm³/mol. The number of aliphatic imine (C=N–C) groups is 1. The summed E-state index contributed by atoms with van der Waals surface area (Å²) in [5, 5.41) is 0. The van der Waals surface area contributed by atoms with Crippen LogP contribution in [0.3, 0.4) is 0 Å². The van der Waals surface area contributed by atoms with Gasteiger partial charge >= 0.3 is 5.97 Å². The molecule has 2 heterocycles. The molecule has 0 amide bonds. The molecule has 0 saturated heterocycles. The predicted octanol–water partition coefficient (Wildman–Crippen LogP) is 4.93. The Hall–Kier alpha value is -2.93. The van der Waals surface area contributed by atoms with Crippen LogP contribution in [0.25, 0.3) is 0 Å². The van der Waals surface area contributed by atoms with E-state index in [1.54, 1.807) is 0 Å². The summed E-state index contributed by atoms with van der Waals surface area (Å²) in [7, 11) is 1.37. The normalized spacial score (nSPS) is 24.2. The van der Waals surface area contributed by atoms with E-state index >= 15 is 0 Å². The van der Waals surface area contributed by atoms with Gasteiger partial charge in [-0.3, -0.25) is 14.6 Å². The molecule has 6 nitrogen and oxygen atoms in total. The number of carbonyl (C=O) groups is 2. The summed E-state index contributed by atoms with van der Waals surface area (Å²) < 4.78 is 17.0. The van der Waals surface area contributed by atoms with Crippen molar-refractivity contribution < 1.29 is 23.8 Å². The summed E-state index contributed by atoms with van der Waals surface area (Å²) in [5.41, 5.74) is 3.99. The fraction of sp³-hybridized carbons (Fsp3) is 0.320. The van der Waals surface area contributed by atoms with Crippen LogP contribution < -0.4 is 9.47 Å². The number of allylic oxidation sites excluding steroid dienone is 2. The van der Waals surface area contributed by atoms with E-state index in [-0.39, 0.29) is 24.5 Å². The van der Waals surface area contributed by atoms with Crippen LogP contribution in [0.5, 0.6) is 11.5 Å². The number of methoxy groups -OCH3 is 1. The Kier molecular flexibility index (Phi) is 5.37. The van der Waals surface area contributed by atoms with Crippen molar-refractivity contribution in [2.75, 3.05) is 13.9 Å². The van der Waals surface area contributed by atoms with Crippen LogP contribution in [0.4, 0.5) is 0 Å². The molecule has 2 aliphatic heterocycles. The van der Waals surface area contributed by atoms with Crippen LogP contribution in [-0.2, 0) is 14.3 Å². The van der Waals surface area contributed by atoms with Gasteiger partial charge in [-0.25, -0.2) is 0 Å². The highest BCUT2D eigenvalue weighted by Crippen LogP contribution is 2.47. The Morgan fingerprint density at radius 3 is 2.53 bits per heavy atom. The number of benzene rings is 2. The molecule has 2 aromatic rings. The van der Waals surface area contributed by atoms with Gasteiger partial charge in [-0.2, -0.15) is 0 Å². The lowest BCUT2D eigenvalue weighted by Crippen LogP contribution is -2.37. The van der Waals surface area contributed by atoms with Gasteiger partial charge in [0.05, 0.1) is 7.11 Å². The van der Waals surface area contributed by atoms with Crippen LogP contribution in [0, 0.1) is 5.92 Å². The average molecular weight is 496 g/mol. The molecule has 164 valence electrons. The molecule has 0 bridgehead atoms. The number of fused-ring (bicyclic) bond motifs is 1. The first-order chi connectivity index (χ1) is 15.5. The van der Waals surface area contributed by atoms with Gasteiger partial charge in [0.15, 0.2) is 17.3 Å². The molecule has 3 atom stereocenters. The second kappa shape index (κ2) is 8.20. The summed E-state index contributed by atoms with van der Waals surface area (Å²) in [6, 6.07) is 13.6. The molecule has 0 fully saturated rings. The summed E-state index contributed by atoms with van der Waals surface area (Å²) >= 11 is 3.46. The second-order valence-electron chi connectivity index (χ2n) is 8.28. The highest BCUT2D eigenvalue weighted by Gasteiger charge is 2.44. The largest absolute Gasteiger partial charge is 0.468 e. The third kappa shape index (κ3) is 3.54. The van der Waals surface area contributed by atoms with Crippen LogP contribution in [-0.4, -0.2) is 31.4 Å². The van der Waals surface area contributed by atoms with Crippen molar-refractivity contribution in [1.29, 1.82) is 0 Å². The minimum atomic E-state index is -0.619. The quantitative estimate of drug-likeness (QED) is 0.564. The summed E-state index contributed by atoms with van der Waals surface area (Å²) in [4.78, 5) is 31.0. The molecular formula is C25H22BrNO5. The molecule has 0 N–H and O–H groups in total. The van der Waals surface area contributed by atoms with E-state index in [1.807, 2.05) is 49.4 Å². The number of halogens is 1. The average Bonchev–Trinajstić information content (AvgIpc) is 3.26. The van der Waals surface area contributed by atoms with Crippen LogP contribution in [0.1, 0.15) is 42.7 Å². The van der Waals surface area contributed by atoms with Crippen LogP contribution in [0.15, 0.2) is 63.2 Å². The number of rotatable bonds is 3. The van der Waals surface area contributed by atoms with Crippen molar-refractivity contribution in [2.24, 2.45) is 10.9 Å². The van der Waals surface area contributed by atoms with Gasteiger partial charge in [0.2, 0.25) is 6.79 Å². The van der Waals surface area contributed by atoms with Gasteiger partial charge in [0, 0.05) is 33.8 Å². The SMILES string of the molecule is COC(=O)C1C(C)=NC2=C(C(=O)C[C@@H](c3ccc4c(c3)OCO4)C2)[C@@H]1c1ccc(Br)cc1. The Balaban J connectivity index is 1.56. The van der Waals surface area contributed by atoms with E-state index in [2.05, 4.69) is 15.9 Å². The van der Waals surface area contributed by atoms with Crippen LogP contribution in [0.2, 0.25) is 0 Å². The third-order valence-electron chi connectivity index (χ3n) is 6.44. The molecule has 3 aliphatic rings. The molecule has 1 unspecified atom stereocenters. The first-order valence-electron chi connectivity index (χ1n) is 10.5. The number of esters is 1. The fourth-order valence-corrected chi connectivity index (χ4v) is 5.19. The Morgan fingerprint density at radius 2 is 1.78 bits per heavy atom. The van der Waals surface area contributed by atoms with Crippen molar-refractivity contribution in [1.82, 2.24) is 0 Å². The minimum absolute atomic E-state index is 0.00690. The maximum atomic E-state index is 13.5.